The van der Waals surface area contributed by atoms with Crippen LogP contribution in [0, 0.1) is 11.7 Å². The summed E-state index contributed by atoms with van der Waals surface area (Å²) < 4.78 is 18.9. The fourth-order valence-corrected chi connectivity index (χ4v) is 2.35. The summed E-state index contributed by atoms with van der Waals surface area (Å²) in [6.45, 7) is 6.73. The number of nitrogens with one attached hydrogen (secondary N) is 1. The summed E-state index contributed by atoms with van der Waals surface area (Å²) in [5.41, 5.74) is 2.03. The van der Waals surface area contributed by atoms with E-state index in [1.807, 2.05) is 25.1 Å². The summed E-state index contributed by atoms with van der Waals surface area (Å²) in [6.07, 6.45) is 0. The highest BCUT2D eigenvalue weighted by molar-refractivity contribution is 5.57. The van der Waals surface area contributed by atoms with Crippen molar-refractivity contribution in [3.05, 3.63) is 59.9 Å². The van der Waals surface area contributed by atoms with Gasteiger partial charge in [0.05, 0.1) is 18.3 Å². The van der Waals surface area contributed by atoms with Crippen molar-refractivity contribution in [2.45, 2.75) is 26.8 Å². The summed E-state index contributed by atoms with van der Waals surface area (Å²) in [4.78, 5) is 0. The van der Waals surface area contributed by atoms with E-state index < -0.39 is 0 Å². The third kappa shape index (κ3) is 3.97. The molecule has 2 aromatic carbocycles. The van der Waals surface area contributed by atoms with Crippen LogP contribution in [0.15, 0.2) is 48.5 Å². The van der Waals surface area contributed by atoms with Gasteiger partial charge in [0.25, 0.3) is 0 Å². The van der Waals surface area contributed by atoms with E-state index in [0.717, 1.165) is 5.69 Å². The molecule has 112 valence electrons. The molecule has 0 fully saturated rings. The molecule has 0 saturated carbocycles. The van der Waals surface area contributed by atoms with Crippen molar-refractivity contribution in [3.63, 3.8) is 0 Å². The Morgan fingerprint density at radius 2 is 1.81 bits per heavy atom. The molecule has 0 aliphatic heterocycles. The number of rotatable bonds is 6. The number of ether oxygens (including phenoxy) is 1. The van der Waals surface area contributed by atoms with Crippen molar-refractivity contribution in [2.75, 3.05) is 11.9 Å². The van der Waals surface area contributed by atoms with Gasteiger partial charge < -0.3 is 10.1 Å². The van der Waals surface area contributed by atoms with E-state index in [2.05, 4.69) is 31.3 Å². The predicted octanol–water partition coefficient (Wildman–Crippen LogP) is 5.03. The summed E-state index contributed by atoms with van der Waals surface area (Å²) in [7, 11) is 0. The molecule has 2 aromatic rings. The molecule has 0 amide bonds. The van der Waals surface area contributed by atoms with E-state index in [4.69, 9.17) is 4.74 Å². The topological polar surface area (TPSA) is 21.3 Å². The molecule has 1 unspecified atom stereocenters. The lowest BCUT2D eigenvalue weighted by Gasteiger charge is -2.25. The van der Waals surface area contributed by atoms with Crippen molar-refractivity contribution in [3.8, 4) is 5.75 Å². The Morgan fingerprint density at radius 1 is 1.10 bits per heavy atom. The van der Waals surface area contributed by atoms with E-state index >= 15 is 0 Å². The predicted molar refractivity (Wildman–Crippen MR) is 85.2 cm³/mol. The van der Waals surface area contributed by atoms with Crippen LogP contribution < -0.4 is 10.1 Å². The normalized spacial score (nSPS) is 12.2. The van der Waals surface area contributed by atoms with Gasteiger partial charge in [-0.2, -0.15) is 0 Å². The van der Waals surface area contributed by atoms with Crippen LogP contribution in [-0.2, 0) is 0 Å². The van der Waals surface area contributed by atoms with Gasteiger partial charge in [0.1, 0.15) is 11.6 Å². The SMILES string of the molecule is CCOc1cc(F)ccc1NC(c1ccccc1)C(C)C. The molecule has 1 N–H and O–H groups in total. The molecule has 0 aromatic heterocycles. The highest BCUT2D eigenvalue weighted by Crippen LogP contribution is 2.32. The molecular weight excluding hydrogens is 265 g/mol. The van der Waals surface area contributed by atoms with Crippen LogP contribution in [0.5, 0.6) is 5.75 Å². The molecule has 3 heteroatoms. The number of hydrogen-bond acceptors (Lipinski definition) is 2. The molecule has 2 rings (SSSR count). The lowest BCUT2D eigenvalue weighted by Crippen LogP contribution is -2.17. The summed E-state index contributed by atoms with van der Waals surface area (Å²) in [5.74, 6) is 0.663. The molecule has 21 heavy (non-hydrogen) atoms. The van der Waals surface area contributed by atoms with E-state index in [-0.39, 0.29) is 11.9 Å². The molecular formula is C18H22FNO. The van der Waals surface area contributed by atoms with Gasteiger partial charge in [-0.1, -0.05) is 44.2 Å². The maximum Gasteiger partial charge on any atom is 0.145 e. The molecule has 0 spiro atoms. The van der Waals surface area contributed by atoms with Gasteiger partial charge in [-0.15, -0.1) is 0 Å². The monoisotopic (exact) mass is 287 g/mol. The molecule has 0 aliphatic rings. The van der Waals surface area contributed by atoms with Crippen LogP contribution in [0.1, 0.15) is 32.4 Å². The van der Waals surface area contributed by atoms with Crippen LogP contribution >= 0.6 is 0 Å². The van der Waals surface area contributed by atoms with Crippen molar-refractivity contribution in [2.24, 2.45) is 5.92 Å². The van der Waals surface area contributed by atoms with Crippen LogP contribution in [0.3, 0.4) is 0 Å². The molecule has 0 bridgehead atoms. The second kappa shape index (κ2) is 7.11. The molecule has 0 heterocycles. The van der Waals surface area contributed by atoms with Crippen molar-refractivity contribution >= 4 is 5.69 Å². The first-order valence-corrected chi connectivity index (χ1v) is 7.35. The maximum atomic E-state index is 13.4. The molecule has 0 aliphatic carbocycles. The van der Waals surface area contributed by atoms with Gasteiger partial charge in [-0.25, -0.2) is 4.39 Å². The molecule has 0 radical (unpaired) electrons. The lowest BCUT2D eigenvalue weighted by atomic mass is 9.95. The zero-order valence-corrected chi connectivity index (χ0v) is 12.8. The second-order valence-electron chi connectivity index (χ2n) is 5.35. The van der Waals surface area contributed by atoms with Gasteiger partial charge in [0.15, 0.2) is 0 Å². The van der Waals surface area contributed by atoms with Crippen LogP contribution in [-0.4, -0.2) is 6.61 Å². The first-order valence-electron chi connectivity index (χ1n) is 7.35. The smallest absolute Gasteiger partial charge is 0.145 e. The first kappa shape index (κ1) is 15.4. The highest BCUT2D eigenvalue weighted by atomic mass is 19.1. The summed E-state index contributed by atoms with van der Waals surface area (Å²) in [5, 5.41) is 3.48. The standard InChI is InChI=1S/C18H22FNO/c1-4-21-17-12-15(19)10-11-16(17)20-18(13(2)3)14-8-6-5-7-9-14/h5-13,18,20H,4H2,1-3H3. The Labute approximate surface area is 126 Å². The molecule has 2 nitrogen and oxygen atoms in total. The highest BCUT2D eigenvalue weighted by Gasteiger charge is 2.17. The van der Waals surface area contributed by atoms with Crippen LogP contribution in [0.4, 0.5) is 10.1 Å². The van der Waals surface area contributed by atoms with Crippen LogP contribution in [0.25, 0.3) is 0 Å². The Bertz CT molecular complexity index is 569. The van der Waals surface area contributed by atoms with E-state index in [9.17, 15) is 4.39 Å². The summed E-state index contributed by atoms with van der Waals surface area (Å²) >= 11 is 0. The zero-order valence-electron chi connectivity index (χ0n) is 12.8. The minimum Gasteiger partial charge on any atom is -0.492 e. The fourth-order valence-electron chi connectivity index (χ4n) is 2.35. The Morgan fingerprint density at radius 3 is 2.43 bits per heavy atom. The zero-order chi connectivity index (χ0) is 15.2. The van der Waals surface area contributed by atoms with Crippen molar-refractivity contribution < 1.29 is 9.13 Å². The second-order valence-corrected chi connectivity index (χ2v) is 5.35. The van der Waals surface area contributed by atoms with Crippen molar-refractivity contribution in [1.82, 2.24) is 0 Å². The van der Waals surface area contributed by atoms with Gasteiger partial charge >= 0.3 is 0 Å². The van der Waals surface area contributed by atoms with Gasteiger partial charge in [-0.05, 0) is 30.5 Å². The Balaban J connectivity index is 2.29. The Hall–Kier alpha value is -2.03. The number of benzene rings is 2. The first-order chi connectivity index (χ1) is 10.1. The number of hydrogen-bond donors (Lipinski definition) is 1. The van der Waals surface area contributed by atoms with Crippen LogP contribution in [0.2, 0.25) is 0 Å². The quantitative estimate of drug-likeness (QED) is 0.804. The summed E-state index contributed by atoms with van der Waals surface area (Å²) in [6, 6.07) is 15.0. The lowest BCUT2D eigenvalue weighted by molar-refractivity contribution is 0.339. The third-order valence-corrected chi connectivity index (χ3v) is 3.38. The number of anilines is 1. The van der Waals surface area contributed by atoms with E-state index in [1.165, 1.54) is 17.7 Å². The average molecular weight is 287 g/mol. The van der Waals surface area contributed by atoms with Gasteiger partial charge in [0, 0.05) is 6.07 Å². The maximum absolute atomic E-state index is 13.4. The van der Waals surface area contributed by atoms with Gasteiger partial charge in [-0.3, -0.25) is 0 Å². The molecule has 1 atom stereocenters. The number of halogens is 1. The minimum atomic E-state index is -0.287. The minimum absolute atomic E-state index is 0.149. The van der Waals surface area contributed by atoms with Crippen molar-refractivity contribution in [1.29, 1.82) is 0 Å². The van der Waals surface area contributed by atoms with E-state index in [1.54, 1.807) is 6.07 Å². The third-order valence-electron chi connectivity index (χ3n) is 3.38. The largest absolute Gasteiger partial charge is 0.492 e. The van der Waals surface area contributed by atoms with E-state index in [0.29, 0.717) is 18.3 Å². The molecule has 0 saturated heterocycles. The Kier molecular flexibility index (Phi) is 5.20. The van der Waals surface area contributed by atoms with Gasteiger partial charge in [0.2, 0.25) is 0 Å². The average Bonchev–Trinajstić information content (AvgIpc) is 2.47. The fraction of sp³-hybridized carbons (Fsp3) is 0.333.